The average molecular weight is 284 g/mol. The second-order valence-corrected chi connectivity index (χ2v) is 4.63. The monoisotopic (exact) mass is 283 g/mol. The third kappa shape index (κ3) is 2.00. The van der Waals surface area contributed by atoms with Gasteiger partial charge >= 0.3 is 0 Å². The number of hydrogen-bond acceptors (Lipinski definition) is 2. The second-order valence-electron chi connectivity index (χ2n) is 3.78. The van der Waals surface area contributed by atoms with Gasteiger partial charge in [0, 0.05) is 16.1 Å². The van der Waals surface area contributed by atoms with Crippen LogP contribution in [0.2, 0.25) is 0 Å². The first-order valence-electron chi connectivity index (χ1n) is 4.94. The number of rotatable bonds is 2. The van der Waals surface area contributed by atoms with Crippen molar-refractivity contribution in [2.75, 3.05) is 0 Å². The molecule has 1 heterocycles. The lowest BCUT2D eigenvalue weighted by Gasteiger charge is -2.11. The Balaban J connectivity index is 2.58. The van der Waals surface area contributed by atoms with E-state index in [4.69, 9.17) is 0 Å². The fraction of sp³-hybridized carbons (Fsp3) is 0.273. The Hall–Kier alpha value is -1.23. The number of aromatic nitrogens is 3. The van der Waals surface area contributed by atoms with Crippen molar-refractivity contribution in [3.05, 3.63) is 34.8 Å². The predicted octanol–water partition coefficient (Wildman–Crippen LogP) is 3.43. The summed E-state index contributed by atoms with van der Waals surface area (Å²) in [5.74, 6) is 0.387. The molecule has 2 rings (SSSR count). The molecule has 1 aromatic carbocycles. The molecule has 0 atom stereocenters. The molecule has 84 valence electrons. The summed E-state index contributed by atoms with van der Waals surface area (Å²) in [5.41, 5.74) is 0.714. The highest BCUT2D eigenvalue weighted by atomic mass is 79.9. The van der Waals surface area contributed by atoms with Crippen LogP contribution in [0, 0.1) is 5.82 Å². The van der Waals surface area contributed by atoms with Gasteiger partial charge in [-0.2, -0.15) is 0 Å². The van der Waals surface area contributed by atoms with E-state index in [9.17, 15) is 4.39 Å². The van der Waals surface area contributed by atoms with E-state index in [0.717, 1.165) is 4.47 Å². The van der Waals surface area contributed by atoms with Crippen molar-refractivity contribution in [2.24, 2.45) is 0 Å². The molecule has 0 aliphatic carbocycles. The van der Waals surface area contributed by atoms with Crippen molar-refractivity contribution in [3.63, 3.8) is 0 Å². The third-order valence-electron chi connectivity index (χ3n) is 2.30. The van der Waals surface area contributed by atoms with Crippen LogP contribution in [0.1, 0.15) is 19.9 Å². The molecule has 0 radical (unpaired) electrons. The first kappa shape index (κ1) is 11.3. The van der Waals surface area contributed by atoms with Crippen molar-refractivity contribution in [3.8, 4) is 11.4 Å². The molecule has 0 fully saturated rings. The summed E-state index contributed by atoms with van der Waals surface area (Å²) in [6, 6.07) is 4.76. The van der Waals surface area contributed by atoms with Gasteiger partial charge in [0.2, 0.25) is 0 Å². The average Bonchev–Trinajstić information content (AvgIpc) is 2.70. The van der Waals surface area contributed by atoms with Gasteiger partial charge in [0.05, 0.1) is 0 Å². The molecular weight excluding hydrogens is 273 g/mol. The van der Waals surface area contributed by atoms with Gasteiger partial charge in [-0.3, -0.25) is 0 Å². The van der Waals surface area contributed by atoms with Gasteiger partial charge in [-0.1, -0.05) is 15.9 Å². The summed E-state index contributed by atoms with van der Waals surface area (Å²) in [6.45, 7) is 4.06. The van der Waals surface area contributed by atoms with E-state index < -0.39 is 0 Å². The predicted molar refractivity (Wildman–Crippen MR) is 63.5 cm³/mol. The van der Waals surface area contributed by atoms with Crippen molar-refractivity contribution in [1.82, 2.24) is 14.8 Å². The molecule has 0 saturated heterocycles. The Morgan fingerprint density at radius 2 is 2.12 bits per heavy atom. The van der Waals surface area contributed by atoms with Crippen molar-refractivity contribution in [1.29, 1.82) is 0 Å². The smallest absolute Gasteiger partial charge is 0.165 e. The van der Waals surface area contributed by atoms with Crippen LogP contribution in [0.5, 0.6) is 0 Å². The van der Waals surface area contributed by atoms with Crippen molar-refractivity contribution in [2.45, 2.75) is 19.9 Å². The minimum atomic E-state index is -0.281. The molecule has 0 unspecified atom stereocenters. The molecule has 0 aliphatic heterocycles. The molecular formula is C11H11BrFN3. The van der Waals surface area contributed by atoms with E-state index in [1.54, 1.807) is 12.4 Å². The maximum atomic E-state index is 13.2. The number of benzene rings is 1. The summed E-state index contributed by atoms with van der Waals surface area (Å²) in [4.78, 5) is 0. The zero-order valence-electron chi connectivity index (χ0n) is 8.98. The van der Waals surface area contributed by atoms with E-state index in [2.05, 4.69) is 26.1 Å². The molecule has 0 N–H and O–H groups in total. The normalized spacial score (nSPS) is 11.1. The molecule has 2 aromatic rings. The summed E-state index contributed by atoms with van der Waals surface area (Å²) in [6.07, 6.45) is 1.65. The molecule has 16 heavy (non-hydrogen) atoms. The van der Waals surface area contributed by atoms with Crippen LogP contribution in [0.15, 0.2) is 29.0 Å². The van der Waals surface area contributed by atoms with Crippen LogP contribution in [0.4, 0.5) is 4.39 Å². The highest BCUT2D eigenvalue weighted by Crippen LogP contribution is 2.28. The summed E-state index contributed by atoms with van der Waals surface area (Å²) in [5, 5.41) is 7.89. The number of nitrogens with zero attached hydrogens (tertiary/aromatic N) is 3. The van der Waals surface area contributed by atoms with Crippen LogP contribution in [0.3, 0.4) is 0 Å². The topological polar surface area (TPSA) is 30.7 Å². The molecule has 1 aromatic heterocycles. The first-order valence-corrected chi connectivity index (χ1v) is 5.74. The molecule has 3 nitrogen and oxygen atoms in total. The van der Waals surface area contributed by atoms with Crippen LogP contribution < -0.4 is 0 Å². The fourth-order valence-electron chi connectivity index (χ4n) is 1.48. The van der Waals surface area contributed by atoms with E-state index in [1.165, 1.54) is 12.1 Å². The maximum absolute atomic E-state index is 13.2. The molecule has 5 heteroatoms. The Labute approximate surface area is 101 Å². The molecule has 0 saturated carbocycles. The third-order valence-corrected chi connectivity index (χ3v) is 2.99. The summed E-state index contributed by atoms with van der Waals surface area (Å²) in [7, 11) is 0. The van der Waals surface area contributed by atoms with Gasteiger partial charge < -0.3 is 4.57 Å². The van der Waals surface area contributed by atoms with Gasteiger partial charge in [-0.15, -0.1) is 10.2 Å². The lowest BCUT2D eigenvalue weighted by Crippen LogP contribution is -2.02. The van der Waals surface area contributed by atoms with Crippen molar-refractivity contribution >= 4 is 15.9 Å². The number of halogens is 2. The van der Waals surface area contributed by atoms with Gasteiger partial charge in [0.1, 0.15) is 12.1 Å². The Morgan fingerprint density at radius 1 is 1.38 bits per heavy atom. The van der Waals surface area contributed by atoms with Gasteiger partial charge in [-0.25, -0.2) is 4.39 Å². The highest BCUT2D eigenvalue weighted by Gasteiger charge is 2.13. The number of hydrogen-bond donors (Lipinski definition) is 0. The fourth-order valence-corrected chi connectivity index (χ4v) is 1.91. The van der Waals surface area contributed by atoms with E-state index in [1.807, 2.05) is 18.4 Å². The molecule has 0 amide bonds. The standard InChI is InChI=1S/C11H11BrFN3/c1-7(2)16-6-14-15-11(16)9-5-8(13)3-4-10(9)12/h3-7H,1-2H3. The lowest BCUT2D eigenvalue weighted by molar-refractivity contribution is 0.602. The molecule has 0 aliphatic rings. The first-order chi connectivity index (χ1) is 7.59. The quantitative estimate of drug-likeness (QED) is 0.846. The zero-order chi connectivity index (χ0) is 11.7. The Bertz CT molecular complexity index is 508. The minimum absolute atomic E-state index is 0.236. The SMILES string of the molecule is CC(C)n1cnnc1-c1cc(F)ccc1Br. The van der Waals surface area contributed by atoms with Crippen LogP contribution in [0.25, 0.3) is 11.4 Å². The summed E-state index contributed by atoms with van der Waals surface area (Å²) >= 11 is 3.39. The largest absolute Gasteiger partial charge is 0.311 e. The maximum Gasteiger partial charge on any atom is 0.165 e. The van der Waals surface area contributed by atoms with Crippen molar-refractivity contribution < 1.29 is 4.39 Å². The minimum Gasteiger partial charge on any atom is -0.311 e. The van der Waals surface area contributed by atoms with E-state index in [-0.39, 0.29) is 11.9 Å². The highest BCUT2D eigenvalue weighted by molar-refractivity contribution is 9.10. The van der Waals surface area contributed by atoms with E-state index in [0.29, 0.717) is 11.4 Å². The van der Waals surface area contributed by atoms with Gasteiger partial charge in [-0.05, 0) is 32.0 Å². The second kappa shape index (κ2) is 4.33. The molecule has 0 bridgehead atoms. The van der Waals surface area contributed by atoms with Crippen LogP contribution in [-0.4, -0.2) is 14.8 Å². The summed E-state index contributed by atoms with van der Waals surface area (Å²) < 4.78 is 15.9. The van der Waals surface area contributed by atoms with Gasteiger partial charge in [0.25, 0.3) is 0 Å². The van der Waals surface area contributed by atoms with Gasteiger partial charge in [0.15, 0.2) is 5.82 Å². The zero-order valence-corrected chi connectivity index (χ0v) is 10.6. The Morgan fingerprint density at radius 3 is 2.81 bits per heavy atom. The van der Waals surface area contributed by atoms with E-state index >= 15 is 0 Å². The van der Waals surface area contributed by atoms with Crippen LogP contribution in [-0.2, 0) is 0 Å². The lowest BCUT2D eigenvalue weighted by atomic mass is 10.2. The molecule has 0 spiro atoms. The van der Waals surface area contributed by atoms with Crippen LogP contribution >= 0.6 is 15.9 Å². The Kier molecular flexibility index (Phi) is 3.05.